The highest BCUT2D eigenvalue weighted by Crippen LogP contribution is 2.33. The molecule has 0 heterocycles. The van der Waals surface area contributed by atoms with Crippen molar-refractivity contribution >= 4 is 17.6 Å². The molecule has 2 N–H and O–H groups in total. The van der Waals surface area contributed by atoms with Gasteiger partial charge in [0, 0.05) is 5.69 Å². The molecule has 3 aromatic rings. The summed E-state index contributed by atoms with van der Waals surface area (Å²) in [6, 6.07) is 16.4. The minimum absolute atomic E-state index is 0.0381. The second-order valence-corrected chi connectivity index (χ2v) is 5.94. The summed E-state index contributed by atoms with van der Waals surface area (Å²) in [4.78, 5) is 24.8. The number of rotatable bonds is 4. The van der Waals surface area contributed by atoms with Crippen molar-refractivity contribution < 1.29 is 32.6 Å². The molecule has 0 spiro atoms. The number of phenolic OH excluding ortho intramolecular Hbond substituents is 1. The van der Waals surface area contributed by atoms with E-state index < -0.39 is 34.9 Å². The van der Waals surface area contributed by atoms with Gasteiger partial charge in [-0.3, -0.25) is 4.79 Å². The molecule has 3 rings (SSSR count). The Morgan fingerprint density at radius 1 is 0.862 bits per heavy atom. The quantitative estimate of drug-likeness (QED) is 0.483. The highest BCUT2D eigenvalue weighted by molar-refractivity contribution is 6.07. The maximum atomic E-state index is 12.7. The van der Waals surface area contributed by atoms with Gasteiger partial charge in [-0.05, 0) is 42.5 Å². The second-order valence-electron chi connectivity index (χ2n) is 5.94. The van der Waals surface area contributed by atoms with E-state index in [1.165, 1.54) is 18.2 Å². The second kappa shape index (κ2) is 8.05. The third-order valence-electron chi connectivity index (χ3n) is 3.91. The van der Waals surface area contributed by atoms with Crippen molar-refractivity contribution in [3.8, 4) is 11.5 Å². The first-order chi connectivity index (χ1) is 13.8. The molecule has 0 bridgehead atoms. The normalized spacial score (nSPS) is 11.0. The van der Waals surface area contributed by atoms with Crippen LogP contribution in [-0.2, 0) is 6.18 Å². The number of aromatic hydroxyl groups is 1. The largest absolute Gasteiger partial charge is 0.507 e. The lowest BCUT2D eigenvalue weighted by atomic mass is 10.1. The molecule has 29 heavy (non-hydrogen) atoms. The maximum Gasteiger partial charge on any atom is 0.416 e. The summed E-state index contributed by atoms with van der Waals surface area (Å²) in [5.41, 5.74) is -0.999. The third kappa shape index (κ3) is 4.73. The fourth-order valence-corrected chi connectivity index (χ4v) is 2.50. The van der Waals surface area contributed by atoms with Gasteiger partial charge >= 0.3 is 12.1 Å². The van der Waals surface area contributed by atoms with E-state index in [9.17, 15) is 27.9 Å². The first kappa shape index (κ1) is 19.9. The monoisotopic (exact) mass is 401 g/mol. The van der Waals surface area contributed by atoms with Crippen LogP contribution in [0.5, 0.6) is 11.5 Å². The van der Waals surface area contributed by atoms with Crippen molar-refractivity contribution in [3.63, 3.8) is 0 Å². The molecule has 0 atom stereocenters. The number of carbonyl (C=O) groups excluding carboxylic acids is 2. The number of esters is 1. The summed E-state index contributed by atoms with van der Waals surface area (Å²) in [7, 11) is 0. The Hall–Kier alpha value is -3.81. The van der Waals surface area contributed by atoms with E-state index >= 15 is 0 Å². The zero-order chi connectivity index (χ0) is 21.0. The van der Waals surface area contributed by atoms with Crippen molar-refractivity contribution in [2.24, 2.45) is 0 Å². The number of alkyl halides is 3. The van der Waals surface area contributed by atoms with Gasteiger partial charge in [-0.25, -0.2) is 4.79 Å². The Bertz CT molecular complexity index is 1050. The summed E-state index contributed by atoms with van der Waals surface area (Å²) in [6.07, 6.45) is -4.66. The minimum atomic E-state index is -4.66. The number of halogens is 3. The molecule has 8 heteroatoms. The number of ether oxygens (including phenoxy) is 1. The van der Waals surface area contributed by atoms with Gasteiger partial charge in [0.1, 0.15) is 17.1 Å². The summed E-state index contributed by atoms with van der Waals surface area (Å²) in [6.45, 7) is 0. The number of benzene rings is 3. The highest BCUT2D eigenvalue weighted by atomic mass is 19.4. The predicted molar refractivity (Wildman–Crippen MR) is 98.9 cm³/mol. The van der Waals surface area contributed by atoms with E-state index in [1.807, 2.05) is 0 Å². The lowest BCUT2D eigenvalue weighted by Crippen LogP contribution is -2.16. The number of hydrogen-bond donors (Lipinski definition) is 2. The molecule has 0 aliphatic carbocycles. The van der Waals surface area contributed by atoms with Gasteiger partial charge in [-0.1, -0.05) is 30.3 Å². The van der Waals surface area contributed by atoms with E-state index in [1.54, 1.807) is 36.4 Å². The van der Waals surface area contributed by atoms with Crippen molar-refractivity contribution in [3.05, 3.63) is 89.5 Å². The van der Waals surface area contributed by atoms with Crippen LogP contribution in [0.3, 0.4) is 0 Å². The highest BCUT2D eigenvalue weighted by Gasteiger charge is 2.32. The van der Waals surface area contributed by atoms with Crippen LogP contribution < -0.4 is 10.1 Å². The molecule has 0 aliphatic heterocycles. The molecule has 0 aliphatic rings. The molecule has 0 saturated carbocycles. The summed E-state index contributed by atoms with van der Waals surface area (Å²) >= 11 is 0. The van der Waals surface area contributed by atoms with Gasteiger partial charge in [0.05, 0.1) is 11.1 Å². The number of carbonyl (C=O) groups is 2. The van der Waals surface area contributed by atoms with Gasteiger partial charge in [-0.15, -0.1) is 0 Å². The molecule has 1 amide bonds. The summed E-state index contributed by atoms with van der Waals surface area (Å²) in [5, 5.41) is 12.4. The minimum Gasteiger partial charge on any atom is -0.507 e. The first-order valence-electron chi connectivity index (χ1n) is 8.33. The molecule has 0 unspecified atom stereocenters. The molecule has 0 saturated heterocycles. The predicted octanol–water partition coefficient (Wildman–Crippen LogP) is 4.88. The average molecular weight is 401 g/mol. The smallest absolute Gasteiger partial charge is 0.416 e. The van der Waals surface area contributed by atoms with Crippen LogP contribution in [-0.4, -0.2) is 17.0 Å². The topological polar surface area (TPSA) is 75.6 Å². The van der Waals surface area contributed by atoms with Crippen molar-refractivity contribution in [1.29, 1.82) is 0 Å². The zero-order valence-corrected chi connectivity index (χ0v) is 14.7. The lowest BCUT2D eigenvalue weighted by Gasteiger charge is -2.12. The lowest BCUT2D eigenvalue weighted by molar-refractivity contribution is -0.137. The number of hydrogen-bond acceptors (Lipinski definition) is 4. The Morgan fingerprint density at radius 3 is 2.17 bits per heavy atom. The molecule has 0 aromatic heterocycles. The Kier molecular flexibility index (Phi) is 5.54. The fraction of sp³-hybridized carbons (Fsp3) is 0.0476. The van der Waals surface area contributed by atoms with Gasteiger partial charge in [0.25, 0.3) is 5.91 Å². The average Bonchev–Trinajstić information content (AvgIpc) is 2.68. The number of amides is 1. The third-order valence-corrected chi connectivity index (χ3v) is 3.91. The van der Waals surface area contributed by atoms with Gasteiger partial charge < -0.3 is 15.2 Å². The fourth-order valence-electron chi connectivity index (χ4n) is 2.50. The van der Waals surface area contributed by atoms with E-state index in [2.05, 4.69) is 5.32 Å². The summed E-state index contributed by atoms with van der Waals surface area (Å²) < 4.78 is 43.2. The van der Waals surface area contributed by atoms with Crippen molar-refractivity contribution in [2.75, 3.05) is 5.32 Å². The molecule has 0 radical (unpaired) electrons. The SMILES string of the molecule is O=C(Oc1ccccc1C(=O)Nc1ccccc1)c1ccc(C(F)(F)F)cc1O. The number of anilines is 1. The Labute approximate surface area is 163 Å². The van der Waals surface area contributed by atoms with Crippen molar-refractivity contribution in [2.45, 2.75) is 6.18 Å². The molecular formula is C21H14F3NO4. The molecule has 3 aromatic carbocycles. The van der Waals surface area contributed by atoms with Crippen LogP contribution in [0.1, 0.15) is 26.3 Å². The van der Waals surface area contributed by atoms with E-state index in [0.29, 0.717) is 17.8 Å². The van der Waals surface area contributed by atoms with Crippen LogP contribution in [0.4, 0.5) is 18.9 Å². The molecular weight excluding hydrogens is 387 g/mol. The Morgan fingerprint density at radius 2 is 1.52 bits per heavy atom. The van der Waals surface area contributed by atoms with Crippen molar-refractivity contribution in [1.82, 2.24) is 0 Å². The van der Waals surface area contributed by atoms with Crippen LogP contribution >= 0.6 is 0 Å². The first-order valence-corrected chi connectivity index (χ1v) is 8.33. The molecule has 5 nitrogen and oxygen atoms in total. The summed E-state index contributed by atoms with van der Waals surface area (Å²) in [5.74, 6) is -2.63. The van der Waals surface area contributed by atoms with Crippen LogP contribution in [0.2, 0.25) is 0 Å². The van der Waals surface area contributed by atoms with E-state index in [-0.39, 0.29) is 11.3 Å². The van der Waals surface area contributed by atoms with Crippen LogP contribution in [0, 0.1) is 0 Å². The van der Waals surface area contributed by atoms with Crippen LogP contribution in [0.15, 0.2) is 72.8 Å². The van der Waals surface area contributed by atoms with Crippen LogP contribution in [0.25, 0.3) is 0 Å². The number of para-hydroxylation sites is 2. The maximum absolute atomic E-state index is 12.7. The van der Waals surface area contributed by atoms with E-state index in [4.69, 9.17) is 4.74 Å². The van der Waals surface area contributed by atoms with Gasteiger partial charge in [-0.2, -0.15) is 13.2 Å². The molecule has 0 fully saturated rings. The molecule has 148 valence electrons. The number of phenols is 1. The van der Waals surface area contributed by atoms with E-state index in [0.717, 1.165) is 6.07 Å². The van der Waals surface area contributed by atoms with Gasteiger partial charge in [0.2, 0.25) is 0 Å². The zero-order valence-electron chi connectivity index (χ0n) is 14.7. The standard InChI is InChI=1S/C21H14F3NO4/c22-21(23,24)13-10-11-15(17(26)12-13)20(28)29-18-9-5-4-8-16(18)19(27)25-14-6-2-1-3-7-14/h1-12,26H,(H,25,27). The van der Waals surface area contributed by atoms with Gasteiger partial charge in [0.15, 0.2) is 0 Å². The Balaban J connectivity index is 1.82. The number of nitrogens with one attached hydrogen (secondary N) is 1.